The van der Waals surface area contributed by atoms with Crippen molar-refractivity contribution in [3.63, 3.8) is 0 Å². The molecule has 0 amide bonds. The first-order valence-corrected chi connectivity index (χ1v) is 9.59. The van der Waals surface area contributed by atoms with Crippen molar-refractivity contribution in [1.82, 2.24) is 0 Å². The van der Waals surface area contributed by atoms with Gasteiger partial charge in [0.25, 0.3) is 0 Å². The number of carbonyl (C=O) groups is 1. The molecule has 1 aliphatic carbocycles. The molecule has 0 spiro atoms. The summed E-state index contributed by atoms with van der Waals surface area (Å²) in [6.45, 7) is 5.82. The van der Waals surface area contributed by atoms with Gasteiger partial charge in [-0.25, -0.2) is 4.79 Å². The van der Waals surface area contributed by atoms with Crippen LogP contribution in [0, 0.1) is 11.8 Å². The van der Waals surface area contributed by atoms with Gasteiger partial charge in [0.1, 0.15) is 0 Å². The number of ether oxygens (including phenoxy) is 1. The summed E-state index contributed by atoms with van der Waals surface area (Å²) < 4.78 is 4.73. The summed E-state index contributed by atoms with van der Waals surface area (Å²) in [5, 5.41) is 0. The minimum atomic E-state index is -0.327. The first kappa shape index (κ1) is 17.7. The molecule has 1 saturated carbocycles. The van der Waals surface area contributed by atoms with Crippen molar-refractivity contribution in [1.29, 1.82) is 0 Å². The smallest absolute Gasteiger partial charge is 0.337 e. The topological polar surface area (TPSA) is 29.5 Å². The van der Waals surface area contributed by atoms with E-state index in [0.717, 1.165) is 23.7 Å². The van der Waals surface area contributed by atoms with Crippen molar-refractivity contribution < 1.29 is 9.53 Å². The summed E-state index contributed by atoms with van der Waals surface area (Å²) in [6.07, 6.45) is 3.83. The lowest BCUT2D eigenvalue weighted by Gasteiger charge is -2.40. The number of esters is 1. The fourth-order valence-corrected chi connectivity index (χ4v) is 3.78. The van der Waals surface area contributed by atoms with E-state index in [1.807, 2.05) is 12.1 Å². The Kier molecular flexibility index (Phi) is 4.44. The maximum Gasteiger partial charge on any atom is 0.337 e. The van der Waals surface area contributed by atoms with Crippen LogP contribution in [0.15, 0.2) is 42.5 Å². The second-order valence-corrected chi connectivity index (χ2v) is 8.11. The lowest BCUT2D eigenvalue weighted by atomic mass is 9.77. The van der Waals surface area contributed by atoms with Gasteiger partial charge < -0.3 is 9.64 Å². The number of hydrogen-bond acceptors (Lipinski definition) is 3. The standard InChI is InChI=1S/C24H25NO2/c1-24(2)14-15-25(20-11-12-20)22-13-8-18(16-21(22)24)5-4-17-6-9-19(10-7-17)23(26)27-3/h6-10,13,16,20H,11-12,14-15H2,1-3H3. The molecular formula is C24H25NO2. The molecular weight excluding hydrogens is 334 g/mol. The monoisotopic (exact) mass is 359 g/mol. The van der Waals surface area contributed by atoms with Gasteiger partial charge in [0, 0.05) is 29.4 Å². The summed E-state index contributed by atoms with van der Waals surface area (Å²) >= 11 is 0. The molecule has 1 heterocycles. The number of anilines is 1. The molecule has 2 aliphatic rings. The number of carbonyl (C=O) groups excluding carboxylic acids is 1. The minimum Gasteiger partial charge on any atom is -0.465 e. The molecule has 0 unspecified atom stereocenters. The van der Waals surface area contributed by atoms with Crippen LogP contribution in [0.4, 0.5) is 5.69 Å². The highest BCUT2D eigenvalue weighted by molar-refractivity contribution is 5.89. The molecule has 4 rings (SSSR count). The molecule has 0 saturated heterocycles. The Morgan fingerprint density at radius 2 is 1.74 bits per heavy atom. The molecule has 3 heteroatoms. The van der Waals surface area contributed by atoms with E-state index in [2.05, 4.69) is 48.8 Å². The SMILES string of the molecule is COC(=O)c1ccc(C#Cc2ccc3c(c2)C(C)(C)CCN3C2CC2)cc1. The number of methoxy groups -OCH3 is 1. The van der Waals surface area contributed by atoms with Gasteiger partial charge in [-0.3, -0.25) is 0 Å². The lowest BCUT2D eigenvalue weighted by Crippen LogP contribution is -2.38. The highest BCUT2D eigenvalue weighted by Gasteiger charge is 2.37. The first-order chi connectivity index (χ1) is 13.0. The molecule has 27 heavy (non-hydrogen) atoms. The Morgan fingerprint density at radius 1 is 1.07 bits per heavy atom. The van der Waals surface area contributed by atoms with Crippen LogP contribution >= 0.6 is 0 Å². The van der Waals surface area contributed by atoms with Gasteiger partial charge in [-0.05, 0) is 72.7 Å². The summed E-state index contributed by atoms with van der Waals surface area (Å²) in [5.74, 6) is 6.17. The van der Waals surface area contributed by atoms with Gasteiger partial charge in [0.15, 0.2) is 0 Å². The van der Waals surface area contributed by atoms with E-state index in [1.165, 1.54) is 37.6 Å². The maximum absolute atomic E-state index is 11.5. The van der Waals surface area contributed by atoms with Crippen molar-refractivity contribution in [2.45, 2.75) is 44.6 Å². The zero-order valence-corrected chi connectivity index (χ0v) is 16.2. The Hall–Kier alpha value is -2.73. The maximum atomic E-state index is 11.5. The fourth-order valence-electron chi connectivity index (χ4n) is 3.78. The van der Waals surface area contributed by atoms with E-state index in [9.17, 15) is 4.79 Å². The summed E-state index contributed by atoms with van der Waals surface area (Å²) in [5.41, 5.74) is 5.45. The lowest BCUT2D eigenvalue weighted by molar-refractivity contribution is 0.0600. The van der Waals surface area contributed by atoms with Crippen LogP contribution in [0.25, 0.3) is 0 Å². The molecule has 0 radical (unpaired) electrons. The number of nitrogens with zero attached hydrogens (tertiary/aromatic N) is 1. The zero-order chi connectivity index (χ0) is 19.0. The normalized spacial score (nSPS) is 17.5. The average molecular weight is 359 g/mol. The average Bonchev–Trinajstić information content (AvgIpc) is 3.51. The summed E-state index contributed by atoms with van der Waals surface area (Å²) in [4.78, 5) is 14.1. The van der Waals surface area contributed by atoms with Crippen molar-refractivity contribution in [3.8, 4) is 11.8 Å². The number of fused-ring (bicyclic) bond motifs is 1. The minimum absolute atomic E-state index is 0.181. The van der Waals surface area contributed by atoms with Crippen LogP contribution in [-0.2, 0) is 10.2 Å². The predicted molar refractivity (Wildman–Crippen MR) is 108 cm³/mol. The molecule has 2 aromatic rings. The Balaban J connectivity index is 1.61. The van der Waals surface area contributed by atoms with Crippen LogP contribution in [0.1, 0.15) is 60.2 Å². The van der Waals surface area contributed by atoms with E-state index in [-0.39, 0.29) is 11.4 Å². The molecule has 1 aliphatic heterocycles. The van der Waals surface area contributed by atoms with Crippen LogP contribution in [0.5, 0.6) is 0 Å². The van der Waals surface area contributed by atoms with Gasteiger partial charge in [-0.2, -0.15) is 0 Å². The van der Waals surface area contributed by atoms with Crippen molar-refractivity contribution >= 4 is 11.7 Å². The number of benzene rings is 2. The number of hydrogen-bond donors (Lipinski definition) is 0. The molecule has 0 N–H and O–H groups in total. The molecule has 1 fully saturated rings. The highest BCUT2D eigenvalue weighted by atomic mass is 16.5. The molecule has 2 aromatic carbocycles. The molecule has 0 atom stereocenters. The van der Waals surface area contributed by atoms with Gasteiger partial charge in [-0.1, -0.05) is 25.7 Å². The van der Waals surface area contributed by atoms with Crippen molar-refractivity contribution in [2.24, 2.45) is 0 Å². The van der Waals surface area contributed by atoms with E-state index < -0.39 is 0 Å². The van der Waals surface area contributed by atoms with Crippen LogP contribution in [-0.4, -0.2) is 25.7 Å². The summed E-state index contributed by atoms with van der Waals surface area (Å²) in [6, 6.07) is 14.6. The van der Waals surface area contributed by atoms with Crippen LogP contribution in [0.3, 0.4) is 0 Å². The second-order valence-electron chi connectivity index (χ2n) is 8.11. The third kappa shape index (κ3) is 3.57. The molecule has 0 bridgehead atoms. The quantitative estimate of drug-likeness (QED) is 0.583. The van der Waals surface area contributed by atoms with Gasteiger partial charge in [0.2, 0.25) is 0 Å². The fraction of sp³-hybridized carbons (Fsp3) is 0.375. The first-order valence-electron chi connectivity index (χ1n) is 9.59. The highest BCUT2D eigenvalue weighted by Crippen LogP contribution is 2.44. The molecule has 138 valence electrons. The van der Waals surface area contributed by atoms with Gasteiger partial charge in [0.05, 0.1) is 12.7 Å². The summed E-state index contributed by atoms with van der Waals surface area (Å²) in [7, 11) is 1.39. The van der Waals surface area contributed by atoms with Crippen LogP contribution < -0.4 is 4.90 Å². The van der Waals surface area contributed by atoms with Crippen molar-refractivity contribution in [3.05, 3.63) is 64.7 Å². The van der Waals surface area contributed by atoms with Crippen molar-refractivity contribution in [2.75, 3.05) is 18.6 Å². The van der Waals surface area contributed by atoms with Crippen LogP contribution in [0.2, 0.25) is 0 Å². The van der Waals surface area contributed by atoms with Gasteiger partial charge >= 0.3 is 5.97 Å². The Bertz CT molecular complexity index is 927. The van der Waals surface area contributed by atoms with E-state index in [0.29, 0.717) is 5.56 Å². The van der Waals surface area contributed by atoms with E-state index >= 15 is 0 Å². The third-order valence-corrected chi connectivity index (χ3v) is 5.66. The number of rotatable bonds is 2. The van der Waals surface area contributed by atoms with E-state index in [4.69, 9.17) is 4.74 Å². The molecule has 3 nitrogen and oxygen atoms in total. The van der Waals surface area contributed by atoms with E-state index in [1.54, 1.807) is 12.1 Å². The Morgan fingerprint density at radius 3 is 2.41 bits per heavy atom. The second kappa shape index (κ2) is 6.78. The van der Waals surface area contributed by atoms with Gasteiger partial charge in [-0.15, -0.1) is 0 Å². The predicted octanol–water partition coefficient (Wildman–Crippen LogP) is 4.52. The molecule has 0 aromatic heterocycles. The largest absolute Gasteiger partial charge is 0.465 e. The zero-order valence-electron chi connectivity index (χ0n) is 16.2. The third-order valence-electron chi connectivity index (χ3n) is 5.66. The Labute approximate surface area is 161 Å².